The lowest BCUT2D eigenvalue weighted by atomic mass is 10.2. The zero-order valence-corrected chi connectivity index (χ0v) is 10.9. The molecule has 0 spiro atoms. The van der Waals surface area contributed by atoms with Crippen LogP contribution in [-0.4, -0.2) is 27.1 Å². The molecule has 0 saturated heterocycles. The van der Waals surface area contributed by atoms with E-state index < -0.39 is 0 Å². The molecule has 17 heavy (non-hydrogen) atoms. The molecule has 0 saturated carbocycles. The molecule has 6 heteroatoms. The summed E-state index contributed by atoms with van der Waals surface area (Å²) in [6.07, 6.45) is 2.16. The van der Waals surface area contributed by atoms with Crippen molar-refractivity contribution < 1.29 is 4.74 Å². The predicted molar refractivity (Wildman–Crippen MR) is 68.0 cm³/mol. The number of nitrogens with one attached hydrogen (secondary N) is 1. The lowest BCUT2D eigenvalue weighted by Crippen LogP contribution is -2.18. The summed E-state index contributed by atoms with van der Waals surface area (Å²) >= 11 is 0. The van der Waals surface area contributed by atoms with Gasteiger partial charge in [-0.25, -0.2) is 0 Å². The first kappa shape index (κ1) is 13.5. The molecular formula is C11H21N5O. The van der Waals surface area contributed by atoms with Crippen LogP contribution >= 0.6 is 0 Å². The molecule has 1 atom stereocenters. The average Bonchev–Trinajstić information content (AvgIpc) is 2.14. The largest absolute Gasteiger partial charge is 0.461 e. The predicted octanol–water partition coefficient (Wildman–Crippen LogP) is 1.84. The smallest absolute Gasteiger partial charge is 0.323 e. The van der Waals surface area contributed by atoms with E-state index in [4.69, 9.17) is 10.5 Å². The summed E-state index contributed by atoms with van der Waals surface area (Å²) in [5.74, 6) is 0.635. The Balaban J connectivity index is 2.74. The van der Waals surface area contributed by atoms with Gasteiger partial charge < -0.3 is 15.8 Å². The van der Waals surface area contributed by atoms with Crippen molar-refractivity contribution >= 4 is 11.9 Å². The molecule has 1 aromatic heterocycles. The molecule has 1 aromatic rings. The van der Waals surface area contributed by atoms with Gasteiger partial charge in [0.25, 0.3) is 0 Å². The van der Waals surface area contributed by atoms with Crippen molar-refractivity contribution in [1.82, 2.24) is 15.0 Å². The number of nitrogens with two attached hydrogens (primary N) is 1. The van der Waals surface area contributed by atoms with Crippen molar-refractivity contribution in [1.29, 1.82) is 0 Å². The molecular weight excluding hydrogens is 218 g/mol. The molecule has 0 aliphatic carbocycles. The number of nitrogen functional groups attached to an aromatic ring is 1. The lowest BCUT2D eigenvalue weighted by molar-refractivity contribution is 0.222. The van der Waals surface area contributed by atoms with Gasteiger partial charge >= 0.3 is 6.01 Å². The summed E-state index contributed by atoms with van der Waals surface area (Å²) in [6.45, 7) is 8.03. The number of hydrogen-bond donors (Lipinski definition) is 2. The maximum atomic E-state index is 5.60. The summed E-state index contributed by atoms with van der Waals surface area (Å²) in [5, 5.41) is 3.18. The lowest BCUT2D eigenvalue weighted by Gasteiger charge is -2.14. The van der Waals surface area contributed by atoms with Gasteiger partial charge in [-0.05, 0) is 27.2 Å². The van der Waals surface area contributed by atoms with E-state index >= 15 is 0 Å². The van der Waals surface area contributed by atoms with Crippen molar-refractivity contribution in [3.63, 3.8) is 0 Å². The number of hydrogen-bond acceptors (Lipinski definition) is 6. The van der Waals surface area contributed by atoms with Crippen molar-refractivity contribution in [2.45, 2.75) is 52.7 Å². The summed E-state index contributed by atoms with van der Waals surface area (Å²) in [5.41, 5.74) is 5.60. The Morgan fingerprint density at radius 3 is 2.53 bits per heavy atom. The molecule has 96 valence electrons. The van der Waals surface area contributed by atoms with E-state index in [9.17, 15) is 0 Å². The van der Waals surface area contributed by atoms with Gasteiger partial charge in [-0.3, -0.25) is 0 Å². The van der Waals surface area contributed by atoms with Gasteiger partial charge in [0, 0.05) is 6.04 Å². The molecule has 0 aliphatic heterocycles. The normalized spacial score (nSPS) is 12.5. The number of rotatable bonds is 6. The minimum absolute atomic E-state index is 0.0118. The monoisotopic (exact) mass is 239 g/mol. The van der Waals surface area contributed by atoms with Crippen molar-refractivity contribution in [3.05, 3.63) is 0 Å². The van der Waals surface area contributed by atoms with Crippen LogP contribution in [0.25, 0.3) is 0 Å². The fourth-order valence-corrected chi connectivity index (χ4v) is 1.43. The number of aromatic nitrogens is 3. The highest BCUT2D eigenvalue weighted by Crippen LogP contribution is 2.12. The minimum Gasteiger partial charge on any atom is -0.461 e. The standard InChI is InChI=1S/C11H21N5O/c1-5-6-8(4)13-10-14-9(12)15-11(16-10)17-7(2)3/h7-8H,5-6H2,1-4H3,(H3,12,13,14,15,16). The van der Waals surface area contributed by atoms with Crippen LogP contribution in [0.2, 0.25) is 0 Å². The molecule has 6 nitrogen and oxygen atoms in total. The van der Waals surface area contributed by atoms with E-state index in [1.54, 1.807) is 0 Å². The summed E-state index contributed by atoms with van der Waals surface area (Å²) < 4.78 is 5.39. The number of nitrogens with zero attached hydrogens (tertiary/aromatic N) is 3. The average molecular weight is 239 g/mol. The quantitative estimate of drug-likeness (QED) is 0.787. The van der Waals surface area contributed by atoms with Crippen LogP contribution in [0.3, 0.4) is 0 Å². The Morgan fingerprint density at radius 2 is 1.94 bits per heavy atom. The fourth-order valence-electron chi connectivity index (χ4n) is 1.43. The van der Waals surface area contributed by atoms with Crippen LogP contribution in [-0.2, 0) is 0 Å². The highest BCUT2D eigenvalue weighted by molar-refractivity contribution is 5.33. The molecule has 0 radical (unpaired) electrons. The van der Waals surface area contributed by atoms with Crippen molar-refractivity contribution in [2.24, 2.45) is 0 Å². The van der Waals surface area contributed by atoms with Crippen LogP contribution in [0.1, 0.15) is 40.5 Å². The second-order valence-electron chi connectivity index (χ2n) is 4.30. The third-order valence-electron chi connectivity index (χ3n) is 2.07. The van der Waals surface area contributed by atoms with Gasteiger partial charge in [0.2, 0.25) is 11.9 Å². The van der Waals surface area contributed by atoms with Crippen molar-refractivity contribution in [3.8, 4) is 6.01 Å². The third-order valence-corrected chi connectivity index (χ3v) is 2.07. The second kappa shape index (κ2) is 6.22. The maximum Gasteiger partial charge on any atom is 0.323 e. The molecule has 1 rings (SSSR count). The Morgan fingerprint density at radius 1 is 1.24 bits per heavy atom. The SMILES string of the molecule is CCCC(C)Nc1nc(N)nc(OC(C)C)n1. The van der Waals surface area contributed by atoms with Crippen LogP contribution < -0.4 is 15.8 Å². The summed E-state index contributed by atoms with van der Waals surface area (Å²) in [6, 6.07) is 0.562. The van der Waals surface area contributed by atoms with Crippen LogP contribution in [0.15, 0.2) is 0 Å². The summed E-state index contributed by atoms with van der Waals surface area (Å²) in [4.78, 5) is 12.1. The van der Waals surface area contributed by atoms with E-state index in [0.717, 1.165) is 12.8 Å². The van der Waals surface area contributed by atoms with Gasteiger partial charge in [-0.1, -0.05) is 13.3 Å². The van der Waals surface area contributed by atoms with Crippen LogP contribution in [0.4, 0.5) is 11.9 Å². The molecule has 3 N–H and O–H groups in total. The fraction of sp³-hybridized carbons (Fsp3) is 0.727. The van der Waals surface area contributed by atoms with Gasteiger partial charge in [0.05, 0.1) is 6.10 Å². The first-order valence-electron chi connectivity index (χ1n) is 5.96. The van der Waals surface area contributed by atoms with E-state index in [1.807, 2.05) is 13.8 Å². The number of anilines is 2. The highest BCUT2D eigenvalue weighted by Gasteiger charge is 2.09. The zero-order chi connectivity index (χ0) is 12.8. The van der Waals surface area contributed by atoms with Crippen molar-refractivity contribution in [2.75, 3.05) is 11.1 Å². The molecule has 0 bridgehead atoms. The molecule has 1 heterocycles. The van der Waals surface area contributed by atoms with E-state index in [-0.39, 0.29) is 18.1 Å². The summed E-state index contributed by atoms with van der Waals surface area (Å²) in [7, 11) is 0. The van der Waals surface area contributed by atoms with E-state index in [2.05, 4.69) is 34.1 Å². The Hall–Kier alpha value is -1.59. The Kier molecular flexibility index (Phi) is 4.93. The molecule has 0 aromatic carbocycles. The first-order chi connectivity index (χ1) is 8.01. The molecule has 1 unspecified atom stereocenters. The van der Waals surface area contributed by atoms with Gasteiger partial charge in [0.15, 0.2) is 0 Å². The number of ether oxygens (including phenoxy) is 1. The zero-order valence-electron chi connectivity index (χ0n) is 10.9. The van der Waals surface area contributed by atoms with E-state index in [1.165, 1.54) is 0 Å². The second-order valence-corrected chi connectivity index (χ2v) is 4.30. The topological polar surface area (TPSA) is 86.0 Å². The Bertz CT molecular complexity index is 356. The third kappa shape index (κ3) is 4.84. The van der Waals surface area contributed by atoms with Crippen LogP contribution in [0, 0.1) is 0 Å². The Labute approximate surface area is 102 Å². The van der Waals surface area contributed by atoms with Gasteiger partial charge in [-0.2, -0.15) is 15.0 Å². The van der Waals surface area contributed by atoms with E-state index in [0.29, 0.717) is 12.0 Å². The first-order valence-corrected chi connectivity index (χ1v) is 5.96. The minimum atomic E-state index is 0.0118. The van der Waals surface area contributed by atoms with Gasteiger partial charge in [-0.15, -0.1) is 0 Å². The molecule has 0 fully saturated rings. The molecule has 0 aliphatic rings. The van der Waals surface area contributed by atoms with Gasteiger partial charge in [0.1, 0.15) is 0 Å². The molecule has 0 amide bonds. The highest BCUT2D eigenvalue weighted by atomic mass is 16.5. The van der Waals surface area contributed by atoms with Crippen LogP contribution in [0.5, 0.6) is 6.01 Å². The maximum absolute atomic E-state index is 5.60.